The van der Waals surface area contributed by atoms with E-state index in [1.165, 1.54) is 24.2 Å². The zero-order valence-corrected chi connectivity index (χ0v) is 19.0. The number of hydrogen-bond acceptors (Lipinski definition) is 2. The molecule has 0 bridgehead atoms. The minimum Gasteiger partial charge on any atom is -0.372 e. The van der Waals surface area contributed by atoms with Crippen molar-refractivity contribution in [3.05, 3.63) is 22.5 Å². The predicted octanol–water partition coefficient (Wildman–Crippen LogP) is 6.21. The smallest absolute Gasteiger partial charge is 0.0430 e. The summed E-state index contributed by atoms with van der Waals surface area (Å²) in [5.41, 5.74) is 6.96. The summed E-state index contributed by atoms with van der Waals surface area (Å²) in [6.45, 7) is 27.4. The highest BCUT2D eigenvalue weighted by molar-refractivity contribution is 5.31. The van der Waals surface area contributed by atoms with Gasteiger partial charge in [0.2, 0.25) is 0 Å². The summed E-state index contributed by atoms with van der Waals surface area (Å²) in [4.78, 5) is 5.16. The first-order valence-corrected chi connectivity index (χ1v) is 9.97. The van der Waals surface area contributed by atoms with E-state index in [0.29, 0.717) is 5.41 Å². The summed E-state index contributed by atoms with van der Waals surface area (Å²) in [6, 6.07) is 0. The minimum atomic E-state index is 0.169. The molecule has 0 saturated heterocycles. The van der Waals surface area contributed by atoms with Crippen LogP contribution in [0.1, 0.15) is 89.0 Å². The van der Waals surface area contributed by atoms with Gasteiger partial charge in [0.15, 0.2) is 0 Å². The largest absolute Gasteiger partial charge is 0.372 e. The molecule has 0 N–H and O–H groups in total. The molecule has 0 saturated carbocycles. The molecule has 0 aromatic heterocycles. The van der Waals surface area contributed by atoms with Crippen LogP contribution in [0.5, 0.6) is 0 Å². The van der Waals surface area contributed by atoms with Gasteiger partial charge in [0.25, 0.3) is 0 Å². The average Bonchev–Trinajstić information content (AvgIpc) is 2.79. The zero-order valence-electron chi connectivity index (χ0n) is 19.0. The molecule has 0 fully saturated rings. The second-order valence-electron chi connectivity index (χ2n) is 10.7. The number of allylic oxidation sites excluding steroid dienone is 2. The van der Waals surface area contributed by atoms with Crippen molar-refractivity contribution in [3.8, 4) is 0 Å². The van der Waals surface area contributed by atoms with Gasteiger partial charge in [-0.15, -0.1) is 0 Å². The number of rotatable bonds is 4. The van der Waals surface area contributed by atoms with Gasteiger partial charge in [-0.1, -0.05) is 20.8 Å². The van der Waals surface area contributed by atoms with Crippen molar-refractivity contribution in [1.82, 2.24) is 9.80 Å². The van der Waals surface area contributed by atoms with E-state index in [2.05, 4.69) is 93.0 Å². The molecule has 0 spiro atoms. The van der Waals surface area contributed by atoms with E-state index in [0.717, 1.165) is 6.54 Å². The Kier molecular flexibility index (Phi) is 4.72. The fourth-order valence-electron chi connectivity index (χ4n) is 5.08. The van der Waals surface area contributed by atoms with Crippen molar-refractivity contribution in [2.45, 2.75) is 100 Å². The van der Waals surface area contributed by atoms with Crippen molar-refractivity contribution in [1.29, 1.82) is 0 Å². The van der Waals surface area contributed by atoms with Gasteiger partial charge in [-0.25, -0.2) is 0 Å². The van der Waals surface area contributed by atoms with Crippen LogP contribution in [-0.4, -0.2) is 34.5 Å². The molecule has 0 amide bonds. The first kappa shape index (κ1) is 20.4. The summed E-state index contributed by atoms with van der Waals surface area (Å²) < 4.78 is 0. The first-order valence-electron chi connectivity index (χ1n) is 9.97. The van der Waals surface area contributed by atoms with Crippen LogP contribution in [0.25, 0.3) is 0 Å². The summed E-state index contributed by atoms with van der Waals surface area (Å²) in [5.74, 6) is 0. The lowest BCUT2D eigenvalue weighted by Crippen LogP contribution is -2.50. The zero-order chi connectivity index (χ0) is 19.6. The van der Waals surface area contributed by atoms with Crippen molar-refractivity contribution in [2.24, 2.45) is 10.8 Å². The predicted molar refractivity (Wildman–Crippen MR) is 110 cm³/mol. The van der Waals surface area contributed by atoms with E-state index >= 15 is 0 Å². The highest BCUT2D eigenvalue weighted by Gasteiger charge is 2.51. The van der Waals surface area contributed by atoms with Gasteiger partial charge < -0.3 is 9.80 Å². The molecule has 0 aromatic carbocycles. The maximum absolute atomic E-state index is 2.67. The summed E-state index contributed by atoms with van der Waals surface area (Å²) in [7, 11) is 2.26. The van der Waals surface area contributed by atoms with Gasteiger partial charge in [0.05, 0.1) is 0 Å². The molecule has 2 rings (SSSR count). The monoisotopic (exact) mass is 346 g/mol. The summed E-state index contributed by atoms with van der Waals surface area (Å²) in [5, 5.41) is 0. The molecule has 0 aromatic rings. The van der Waals surface area contributed by atoms with Crippen LogP contribution >= 0.6 is 0 Å². The van der Waals surface area contributed by atoms with Crippen LogP contribution in [0.3, 0.4) is 0 Å². The molecule has 2 nitrogen and oxygen atoms in total. The standard InChI is InChI=1S/C23H42N2/c1-16-19(4)25(15-20(16,5)6)21(7,8)13-14-23(11)17(2)18(3)24(12)22(23,9)10/h13-15H2,1-12H3. The Bertz CT molecular complexity index is 618. The van der Waals surface area contributed by atoms with Crippen LogP contribution in [0.2, 0.25) is 0 Å². The molecule has 0 aliphatic carbocycles. The molecule has 0 radical (unpaired) electrons. The van der Waals surface area contributed by atoms with Crippen LogP contribution in [0.4, 0.5) is 0 Å². The minimum absolute atomic E-state index is 0.169. The van der Waals surface area contributed by atoms with E-state index < -0.39 is 0 Å². The normalized spacial score (nSPS) is 29.3. The molecular weight excluding hydrogens is 304 g/mol. The van der Waals surface area contributed by atoms with E-state index in [-0.39, 0.29) is 16.5 Å². The first-order chi connectivity index (χ1) is 11.1. The lowest BCUT2D eigenvalue weighted by atomic mass is 9.66. The molecular formula is C23H42N2. The maximum Gasteiger partial charge on any atom is 0.0430 e. The molecule has 1 unspecified atom stereocenters. The lowest BCUT2D eigenvalue weighted by Gasteiger charge is -2.47. The fourth-order valence-corrected chi connectivity index (χ4v) is 5.08. The van der Waals surface area contributed by atoms with Crippen LogP contribution in [0, 0.1) is 10.8 Å². The van der Waals surface area contributed by atoms with Crippen LogP contribution in [0.15, 0.2) is 22.5 Å². The van der Waals surface area contributed by atoms with Gasteiger partial charge in [-0.3, -0.25) is 0 Å². The third kappa shape index (κ3) is 2.84. The average molecular weight is 347 g/mol. The SMILES string of the molecule is CC1=C(C)C(C)(C)CN1C(C)(C)CCC1(C)C(C)=C(C)N(C)C1(C)C. The summed E-state index contributed by atoms with van der Waals surface area (Å²) >= 11 is 0. The van der Waals surface area contributed by atoms with Gasteiger partial charge in [0, 0.05) is 46.9 Å². The van der Waals surface area contributed by atoms with Gasteiger partial charge in [-0.05, 0) is 79.4 Å². The van der Waals surface area contributed by atoms with E-state index in [4.69, 9.17) is 0 Å². The second kappa shape index (κ2) is 5.79. The molecule has 2 heterocycles. The van der Waals surface area contributed by atoms with Gasteiger partial charge >= 0.3 is 0 Å². The molecule has 25 heavy (non-hydrogen) atoms. The highest BCUT2D eigenvalue weighted by atomic mass is 15.2. The summed E-state index contributed by atoms with van der Waals surface area (Å²) in [6.07, 6.45) is 2.44. The quantitative estimate of drug-likeness (QED) is 0.597. The Morgan fingerprint density at radius 3 is 1.76 bits per heavy atom. The van der Waals surface area contributed by atoms with Crippen LogP contribution < -0.4 is 0 Å². The molecule has 2 aliphatic rings. The van der Waals surface area contributed by atoms with Crippen molar-refractivity contribution < 1.29 is 0 Å². The molecule has 144 valence electrons. The third-order valence-corrected chi connectivity index (χ3v) is 8.55. The number of nitrogens with zero attached hydrogens (tertiary/aromatic N) is 2. The van der Waals surface area contributed by atoms with Crippen LogP contribution in [-0.2, 0) is 0 Å². The highest BCUT2D eigenvalue weighted by Crippen LogP contribution is 2.54. The molecule has 2 heteroatoms. The topological polar surface area (TPSA) is 6.48 Å². The van der Waals surface area contributed by atoms with Crippen molar-refractivity contribution in [3.63, 3.8) is 0 Å². The Morgan fingerprint density at radius 2 is 1.40 bits per heavy atom. The Morgan fingerprint density at radius 1 is 0.880 bits per heavy atom. The van der Waals surface area contributed by atoms with Gasteiger partial charge in [0.1, 0.15) is 0 Å². The van der Waals surface area contributed by atoms with E-state index in [1.54, 1.807) is 11.1 Å². The molecule has 1 atom stereocenters. The Hall–Kier alpha value is -0.920. The van der Waals surface area contributed by atoms with Gasteiger partial charge in [-0.2, -0.15) is 0 Å². The van der Waals surface area contributed by atoms with E-state index in [1.807, 2.05) is 0 Å². The Labute approximate surface area is 157 Å². The Balaban J connectivity index is 2.24. The lowest BCUT2D eigenvalue weighted by molar-refractivity contribution is 0.0707. The number of hydrogen-bond donors (Lipinski definition) is 0. The fraction of sp³-hybridized carbons (Fsp3) is 0.826. The van der Waals surface area contributed by atoms with Crippen molar-refractivity contribution in [2.75, 3.05) is 13.6 Å². The van der Waals surface area contributed by atoms with E-state index in [9.17, 15) is 0 Å². The third-order valence-electron chi connectivity index (χ3n) is 8.55. The van der Waals surface area contributed by atoms with Crippen molar-refractivity contribution >= 4 is 0 Å². The molecule has 2 aliphatic heterocycles. The maximum atomic E-state index is 2.67. The second-order valence-corrected chi connectivity index (χ2v) is 10.7.